The molecule has 2 nitrogen and oxygen atoms in total. The first kappa shape index (κ1) is 11.5. The van der Waals surface area contributed by atoms with Gasteiger partial charge in [0.15, 0.2) is 0 Å². The number of likely N-dealkylation sites (N-methyl/N-ethyl adjacent to an activating group) is 1. The molecule has 0 fully saturated rings. The Kier molecular flexibility index (Phi) is 2.75. The van der Waals surface area contributed by atoms with Crippen LogP contribution < -0.4 is 10.1 Å². The van der Waals surface area contributed by atoms with E-state index >= 15 is 0 Å². The van der Waals surface area contributed by atoms with Crippen molar-refractivity contribution in [3.05, 3.63) is 41.5 Å². The van der Waals surface area contributed by atoms with Crippen LogP contribution in [-0.4, -0.2) is 14.2 Å². The van der Waals surface area contributed by atoms with Crippen LogP contribution in [0.5, 0.6) is 5.75 Å². The van der Waals surface area contributed by atoms with E-state index in [1.165, 1.54) is 21.9 Å². The summed E-state index contributed by atoms with van der Waals surface area (Å²) in [4.78, 5) is 0. The van der Waals surface area contributed by atoms with E-state index < -0.39 is 0 Å². The van der Waals surface area contributed by atoms with Gasteiger partial charge in [-0.1, -0.05) is 31.2 Å². The Morgan fingerprint density at radius 2 is 2.00 bits per heavy atom. The molecule has 0 amide bonds. The molecular formula is C16H19NO. The first-order valence-corrected chi connectivity index (χ1v) is 6.58. The summed E-state index contributed by atoms with van der Waals surface area (Å²) < 4.78 is 5.48. The minimum absolute atomic E-state index is 0.431. The highest BCUT2D eigenvalue weighted by molar-refractivity contribution is 5.96. The van der Waals surface area contributed by atoms with Crippen molar-refractivity contribution in [2.24, 2.45) is 0 Å². The molecule has 0 saturated carbocycles. The third-order valence-electron chi connectivity index (χ3n) is 4.17. The van der Waals surface area contributed by atoms with Gasteiger partial charge in [0, 0.05) is 17.3 Å². The van der Waals surface area contributed by atoms with Crippen LogP contribution in [0, 0.1) is 0 Å². The van der Waals surface area contributed by atoms with Gasteiger partial charge in [-0.15, -0.1) is 0 Å². The summed E-state index contributed by atoms with van der Waals surface area (Å²) in [7, 11) is 3.79. The number of rotatable bonds is 3. The SMILES string of the molecule is CCC1c2ccc(OC)c3cccc(c23)C1NC. The van der Waals surface area contributed by atoms with Gasteiger partial charge in [-0.3, -0.25) is 0 Å². The zero-order valence-electron chi connectivity index (χ0n) is 11.2. The molecule has 2 aromatic carbocycles. The monoisotopic (exact) mass is 241 g/mol. The Balaban J connectivity index is 2.34. The van der Waals surface area contributed by atoms with Crippen LogP contribution in [0.25, 0.3) is 10.8 Å². The van der Waals surface area contributed by atoms with Crippen molar-refractivity contribution in [1.82, 2.24) is 5.32 Å². The Hall–Kier alpha value is -1.54. The Morgan fingerprint density at radius 1 is 1.17 bits per heavy atom. The van der Waals surface area contributed by atoms with Gasteiger partial charge in [0.1, 0.15) is 5.75 Å². The van der Waals surface area contributed by atoms with Gasteiger partial charge < -0.3 is 10.1 Å². The first-order chi connectivity index (χ1) is 8.81. The molecule has 0 aliphatic heterocycles. The summed E-state index contributed by atoms with van der Waals surface area (Å²) in [5, 5.41) is 6.10. The van der Waals surface area contributed by atoms with Crippen LogP contribution in [0.4, 0.5) is 0 Å². The summed E-state index contributed by atoms with van der Waals surface area (Å²) in [6, 6.07) is 11.3. The minimum atomic E-state index is 0.431. The topological polar surface area (TPSA) is 21.3 Å². The van der Waals surface area contributed by atoms with Crippen molar-refractivity contribution >= 4 is 10.8 Å². The highest BCUT2D eigenvalue weighted by atomic mass is 16.5. The van der Waals surface area contributed by atoms with Crippen molar-refractivity contribution < 1.29 is 4.74 Å². The summed E-state index contributed by atoms with van der Waals surface area (Å²) in [6.07, 6.45) is 1.15. The minimum Gasteiger partial charge on any atom is -0.496 e. The maximum Gasteiger partial charge on any atom is 0.126 e. The fourth-order valence-corrected chi connectivity index (χ4v) is 3.39. The van der Waals surface area contributed by atoms with E-state index in [0.29, 0.717) is 12.0 Å². The maximum atomic E-state index is 5.48. The van der Waals surface area contributed by atoms with Crippen LogP contribution >= 0.6 is 0 Å². The van der Waals surface area contributed by atoms with Crippen molar-refractivity contribution in [3.8, 4) is 5.75 Å². The van der Waals surface area contributed by atoms with Crippen LogP contribution in [-0.2, 0) is 0 Å². The highest BCUT2D eigenvalue weighted by Gasteiger charge is 2.32. The van der Waals surface area contributed by atoms with E-state index in [-0.39, 0.29) is 0 Å². The average molecular weight is 241 g/mol. The average Bonchev–Trinajstić information content (AvgIpc) is 2.74. The molecule has 2 aromatic rings. The Morgan fingerprint density at radius 3 is 2.67 bits per heavy atom. The molecule has 1 N–H and O–H groups in total. The normalized spacial score (nSPS) is 21.5. The first-order valence-electron chi connectivity index (χ1n) is 6.58. The lowest BCUT2D eigenvalue weighted by Gasteiger charge is -2.19. The van der Waals surface area contributed by atoms with E-state index in [9.17, 15) is 0 Å². The van der Waals surface area contributed by atoms with Gasteiger partial charge in [-0.05, 0) is 36.0 Å². The van der Waals surface area contributed by atoms with Crippen molar-refractivity contribution in [1.29, 1.82) is 0 Å². The predicted molar refractivity (Wildman–Crippen MR) is 75.3 cm³/mol. The second-order valence-electron chi connectivity index (χ2n) is 4.91. The van der Waals surface area contributed by atoms with Crippen molar-refractivity contribution in [2.45, 2.75) is 25.3 Å². The molecule has 2 unspecified atom stereocenters. The van der Waals surface area contributed by atoms with Crippen molar-refractivity contribution in [3.63, 3.8) is 0 Å². The third-order valence-corrected chi connectivity index (χ3v) is 4.17. The summed E-state index contributed by atoms with van der Waals surface area (Å²) in [5.74, 6) is 1.54. The van der Waals surface area contributed by atoms with Crippen LogP contribution in [0.3, 0.4) is 0 Å². The maximum absolute atomic E-state index is 5.48. The molecule has 0 spiro atoms. The van der Waals surface area contributed by atoms with Gasteiger partial charge in [0.25, 0.3) is 0 Å². The molecule has 1 aliphatic rings. The second-order valence-corrected chi connectivity index (χ2v) is 4.91. The second kappa shape index (κ2) is 4.29. The van der Waals surface area contributed by atoms with Gasteiger partial charge >= 0.3 is 0 Å². The van der Waals surface area contributed by atoms with Gasteiger partial charge in [-0.25, -0.2) is 0 Å². The van der Waals surface area contributed by atoms with Gasteiger partial charge in [-0.2, -0.15) is 0 Å². The standard InChI is InChI=1S/C16H19NO/c1-4-10-11-8-9-14(18-3)12-6-5-7-13(15(11)12)16(10)17-2/h5-10,16-17H,4H2,1-3H3. The third kappa shape index (κ3) is 1.39. The number of methoxy groups -OCH3 is 1. The van der Waals surface area contributed by atoms with E-state index in [1.807, 2.05) is 0 Å². The number of hydrogen-bond donors (Lipinski definition) is 1. The lowest BCUT2D eigenvalue weighted by Crippen LogP contribution is -2.19. The highest BCUT2D eigenvalue weighted by Crippen LogP contribution is 2.48. The molecule has 1 aliphatic carbocycles. The summed E-state index contributed by atoms with van der Waals surface area (Å²) in [5.41, 5.74) is 2.87. The van der Waals surface area contributed by atoms with Crippen LogP contribution in [0.1, 0.15) is 36.4 Å². The van der Waals surface area contributed by atoms with E-state index in [4.69, 9.17) is 4.74 Å². The van der Waals surface area contributed by atoms with E-state index in [1.54, 1.807) is 7.11 Å². The molecule has 2 atom stereocenters. The lowest BCUT2D eigenvalue weighted by molar-refractivity contribution is 0.419. The molecule has 0 bridgehead atoms. The molecule has 0 radical (unpaired) electrons. The Labute approximate surface area is 108 Å². The quantitative estimate of drug-likeness (QED) is 0.886. The summed E-state index contributed by atoms with van der Waals surface area (Å²) in [6.45, 7) is 2.26. The molecule has 0 aromatic heterocycles. The number of ether oxygens (including phenoxy) is 1. The van der Waals surface area contributed by atoms with E-state index in [2.05, 4.69) is 49.6 Å². The Bertz CT molecular complexity index is 575. The molecular weight excluding hydrogens is 222 g/mol. The molecule has 2 heteroatoms. The predicted octanol–water partition coefficient (Wildman–Crippen LogP) is 3.62. The van der Waals surface area contributed by atoms with Crippen LogP contribution in [0.15, 0.2) is 30.3 Å². The number of nitrogens with one attached hydrogen (secondary N) is 1. The number of benzene rings is 2. The fourth-order valence-electron chi connectivity index (χ4n) is 3.39. The van der Waals surface area contributed by atoms with Crippen molar-refractivity contribution in [2.75, 3.05) is 14.2 Å². The lowest BCUT2D eigenvalue weighted by atomic mass is 9.94. The molecule has 94 valence electrons. The van der Waals surface area contributed by atoms with Crippen LogP contribution in [0.2, 0.25) is 0 Å². The smallest absolute Gasteiger partial charge is 0.126 e. The molecule has 0 heterocycles. The van der Waals surface area contributed by atoms with E-state index in [0.717, 1.165) is 12.2 Å². The zero-order valence-corrected chi connectivity index (χ0v) is 11.2. The fraction of sp³-hybridized carbons (Fsp3) is 0.375. The van der Waals surface area contributed by atoms with Gasteiger partial charge in [0.05, 0.1) is 7.11 Å². The zero-order chi connectivity index (χ0) is 12.7. The summed E-state index contributed by atoms with van der Waals surface area (Å²) >= 11 is 0. The largest absolute Gasteiger partial charge is 0.496 e. The van der Waals surface area contributed by atoms with Gasteiger partial charge in [0.2, 0.25) is 0 Å². The molecule has 3 rings (SSSR count). The molecule has 18 heavy (non-hydrogen) atoms. The molecule has 0 saturated heterocycles. The number of hydrogen-bond acceptors (Lipinski definition) is 2.